The minimum absolute atomic E-state index is 0.251. The van der Waals surface area contributed by atoms with Crippen molar-refractivity contribution in [2.75, 3.05) is 7.11 Å². The quantitative estimate of drug-likeness (QED) is 0.836. The number of methoxy groups -OCH3 is 1. The zero-order valence-corrected chi connectivity index (χ0v) is 10.0. The lowest BCUT2D eigenvalue weighted by atomic mass is 9.95. The van der Waals surface area contributed by atoms with E-state index in [4.69, 9.17) is 4.74 Å². The maximum absolute atomic E-state index is 13.8. The molecule has 0 saturated heterocycles. The maximum Gasteiger partial charge on any atom is 0.168 e. The van der Waals surface area contributed by atoms with Gasteiger partial charge in [0.05, 0.1) is 13.2 Å². The van der Waals surface area contributed by atoms with E-state index in [1.165, 1.54) is 7.11 Å². The summed E-state index contributed by atoms with van der Waals surface area (Å²) in [5.74, 6) is 0.241. The Labute approximate surface area is 96.1 Å². The molecule has 0 aliphatic carbocycles. The molecule has 0 saturated carbocycles. The van der Waals surface area contributed by atoms with Crippen molar-refractivity contribution in [1.82, 2.24) is 0 Å². The number of aliphatic hydroxyl groups is 1. The van der Waals surface area contributed by atoms with E-state index in [1.54, 1.807) is 25.1 Å². The average molecular weight is 226 g/mol. The Morgan fingerprint density at radius 1 is 1.38 bits per heavy atom. The minimum atomic E-state index is -0.344. The summed E-state index contributed by atoms with van der Waals surface area (Å²) in [7, 11) is 1.46. The normalized spacial score (nSPS) is 14.6. The molecule has 0 spiro atoms. The average Bonchev–Trinajstić information content (AvgIpc) is 2.20. The Hall–Kier alpha value is -1.09. The highest BCUT2D eigenvalue weighted by Gasteiger charge is 2.13. The fraction of sp³-hybridized carbons (Fsp3) is 0.538. The second-order valence-corrected chi connectivity index (χ2v) is 4.33. The molecule has 16 heavy (non-hydrogen) atoms. The third kappa shape index (κ3) is 3.49. The molecule has 0 aromatic heterocycles. The van der Waals surface area contributed by atoms with E-state index >= 15 is 0 Å². The van der Waals surface area contributed by atoms with Gasteiger partial charge in [-0.3, -0.25) is 0 Å². The number of benzene rings is 1. The number of hydrogen-bond donors (Lipinski definition) is 1. The van der Waals surface area contributed by atoms with E-state index < -0.39 is 0 Å². The number of halogens is 1. The number of aliphatic hydroxyl groups excluding tert-OH is 1. The molecule has 1 N–H and O–H groups in total. The van der Waals surface area contributed by atoms with Crippen LogP contribution in [0.15, 0.2) is 18.2 Å². The van der Waals surface area contributed by atoms with Crippen molar-refractivity contribution < 1.29 is 14.2 Å². The van der Waals surface area contributed by atoms with Gasteiger partial charge in [-0.25, -0.2) is 4.39 Å². The van der Waals surface area contributed by atoms with Crippen molar-refractivity contribution in [3.05, 3.63) is 29.6 Å². The third-order valence-corrected chi connectivity index (χ3v) is 2.58. The Morgan fingerprint density at radius 2 is 2.06 bits per heavy atom. The predicted molar refractivity (Wildman–Crippen MR) is 62.1 cm³/mol. The van der Waals surface area contributed by atoms with Crippen molar-refractivity contribution in [3.8, 4) is 5.75 Å². The summed E-state index contributed by atoms with van der Waals surface area (Å²) in [5.41, 5.74) is 0.646. The zero-order valence-electron chi connectivity index (χ0n) is 10.0. The van der Waals surface area contributed by atoms with Crippen molar-refractivity contribution in [2.45, 2.75) is 32.8 Å². The van der Waals surface area contributed by atoms with Gasteiger partial charge in [-0.2, -0.15) is 0 Å². The second-order valence-electron chi connectivity index (χ2n) is 4.33. The van der Waals surface area contributed by atoms with E-state index in [0.717, 1.165) is 0 Å². The molecular formula is C13H19FO2. The van der Waals surface area contributed by atoms with Crippen LogP contribution in [-0.4, -0.2) is 18.3 Å². The maximum atomic E-state index is 13.8. The van der Waals surface area contributed by atoms with E-state index in [2.05, 4.69) is 0 Å². The van der Waals surface area contributed by atoms with Crippen LogP contribution < -0.4 is 4.74 Å². The highest BCUT2D eigenvalue weighted by molar-refractivity contribution is 5.31. The SMILES string of the molecule is COc1cccc(CC(C)CC(C)O)c1F. The van der Waals surface area contributed by atoms with E-state index in [9.17, 15) is 9.50 Å². The molecule has 1 aromatic carbocycles. The van der Waals surface area contributed by atoms with Gasteiger partial charge in [0.1, 0.15) is 0 Å². The molecular weight excluding hydrogens is 207 g/mol. The van der Waals surface area contributed by atoms with Gasteiger partial charge in [-0.1, -0.05) is 19.1 Å². The predicted octanol–water partition coefficient (Wildman–Crippen LogP) is 2.78. The summed E-state index contributed by atoms with van der Waals surface area (Å²) in [6.45, 7) is 3.75. The topological polar surface area (TPSA) is 29.5 Å². The standard InChI is InChI=1S/C13H19FO2/c1-9(7-10(2)15)8-11-5-4-6-12(16-3)13(11)14/h4-6,9-10,15H,7-8H2,1-3H3. The summed E-state index contributed by atoms with van der Waals surface area (Å²) in [6, 6.07) is 5.15. The van der Waals surface area contributed by atoms with Crippen LogP contribution in [0.3, 0.4) is 0 Å². The number of rotatable bonds is 5. The van der Waals surface area contributed by atoms with Gasteiger partial charge in [-0.05, 0) is 37.3 Å². The highest BCUT2D eigenvalue weighted by Crippen LogP contribution is 2.23. The molecule has 1 aromatic rings. The van der Waals surface area contributed by atoms with Crippen LogP contribution in [0.25, 0.3) is 0 Å². The molecule has 0 aliphatic heterocycles. The Bertz CT molecular complexity index is 337. The van der Waals surface area contributed by atoms with Crippen LogP contribution in [0.1, 0.15) is 25.8 Å². The molecule has 90 valence electrons. The van der Waals surface area contributed by atoms with Gasteiger partial charge in [0.25, 0.3) is 0 Å². The molecule has 0 radical (unpaired) electrons. The van der Waals surface area contributed by atoms with Gasteiger partial charge in [0, 0.05) is 0 Å². The molecule has 2 unspecified atom stereocenters. The largest absolute Gasteiger partial charge is 0.494 e. The molecule has 0 fully saturated rings. The summed E-state index contributed by atoms with van der Waals surface area (Å²) in [6.07, 6.45) is 0.952. The van der Waals surface area contributed by atoms with Crippen molar-refractivity contribution in [3.63, 3.8) is 0 Å². The molecule has 0 heterocycles. The molecule has 0 amide bonds. The Balaban J connectivity index is 2.73. The van der Waals surface area contributed by atoms with Gasteiger partial charge >= 0.3 is 0 Å². The van der Waals surface area contributed by atoms with Crippen LogP contribution in [0.2, 0.25) is 0 Å². The van der Waals surface area contributed by atoms with E-state index in [0.29, 0.717) is 18.4 Å². The van der Waals surface area contributed by atoms with Gasteiger partial charge in [0.15, 0.2) is 11.6 Å². The molecule has 0 bridgehead atoms. The van der Waals surface area contributed by atoms with Gasteiger partial charge in [-0.15, -0.1) is 0 Å². The third-order valence-electron chi connectivity index (χ3n) is 2.58. The summed E-state index contributed by atoms with van der Waals surface area (Å²) in [5, 5.41) is 9.25. The fourth-order valence-corrected chi connectivity index (χ4v) is 1.91. The second kappa shape index (κ2) is 5.85. The summed E-state index contributed by atoms with van der Waals surface area (Å²) < 4.78 is 18.7. The lowest BCUT2D eigenvalue weighted by Gasteiger charge is -2.14. The van der Waals surface area contributed by atoms with Crippen LogP contribution in [0.5, 0.6) is 5.75 Å². The lowest BCUT2D eigenvalue weighted by molar-refractivity contribution is 0.164. The van der Waals surface area contributed by atoms with E-state index in [-0.39, 0.29) is 23.6 Å². The van der Waals surface area contributed by atoms with Gasteiger partial charge in [0.2, 0.25) is 0 Å². The Morgan fingerprint density at radius 3 is 2.62 bits per heavy atom. The van der Waals surface area contributed by atoms with Crippen molar-refractivity contribution in [1.29, 1.82) is 0 Å². The summed E-state index contributed by atoms with van der Waals surface area (Å²) in [4.78, 5) is 0. The fourth-order valence-electron chi connectivity index (χ4n) is 1.91. The number of ether oxygens (including phenoxy) is 1. The summed E-state index contributed by atoms with van der Waals surface area (Å²) >= 11 is 0. The van der Waals surface area contributed by atoms with E-state index in [1.807, 2.05) is 6.92 Å². The Kier molecular flexibility index (Phi) is 4.74. The number of hydrogen-bond acceptors (Lipinski definition) is 2. The first-order valence-electron chi connectivity index (χ1n) is 5.54. The van der Waals surface area contributed by atoms with Crippen molar-refractivity contribution in [2.24, 2.45) is 5.92 Å². The smallest absolute Gasteiger partial charge is 0.168 e. The minimum Gasteiger partial charge on any atom is -0.494 e. The first-order chi connectivity index (χ1) is 7.54. The monoisotopic (exact) mass is 226 g/mol. The van der Waals surface area contributed by atoms with Crippen LogP contribution in [0.4, 0.5) is 4.39 Å². The van der Waals surface area contributed by atoms with Crippen LogP contribution in [-0.2, 0) is 6.42 Å². The zero-order chi connectivity index (χ0) is 12.1. The molecule has 2 nitrogen and oxygen atoms in total. The highest BCUT2D eigenvalue weighted by atomic mass is 19.1. The van der Waals surface area contributed by atoms with Crippen LogP contribution >= 0.6 is 0 Å². The van der Waals surface area contributed by atoms with Gasteiger partial charge < -0.3 is 9.84 Å². The van der Waals surface area contributed by atoms with Crippen molar-refractivity contribution >= 4 is 0 Å². The molecule has 0 aliphatic rings. The molecule has 3 heteroatoms. The lowest BCUT2D eigenvalue weighted by Crippen LogP contribution is -2.10. The first-order valence-corrected chi connectivity index (χ1v) is 5.54. The molecule has 2 atom stereocenters. The molecule has 1 rings (SSSR count). The van der Waals surface area contributed by atoms with Crippen LogP contribution in [0, 0.1) is 11.7 Å². The first kappa shape index (κ1) is 13.0.